The molecule has 0 saturated carbocycles. The van der Waals surface area contributed by atoms with Gasteiger partial charge in [-0.3, -0.25) is 9.59 Å². The number of rotatable bonds is 5. The van der Waals surface area contributed by atoms with Crippen molar-refractivity contribution in [1.82, 2.24) is 25.2 Å². The van der Waals surface area contributed by atoms with Gasteiger partial charge >= 0.3 is 5.97 Å². The number of pyridine rings is 1. The number of hydrogen-bond acceptors (Lipinski definition) is 5. The molecule has 0 amide bonds. The lowest BCUT2D eigenvalue weighted by molar-refractivity contribution is -0.141. The normalized spacial score (nSPS) is 12.3. The zero-order valence-corrected chi connectivity index (χ0v) is 10.3. The van der Waals surface area contributed by atoms with Crippen LogP contribution in [0, 0.1) is 5.92 Å². The summed E-state index contributed by atoms with van der Waals surface area (Å²) in [6.07, 6.45) is 1.95. The van der Waals surface area contributed by atoms with Crippen molar-refractivity contribution in [1.29, 1.82) is 0 Å². The molecule has 1 atom stereocenters. The first-order valence-electron chi connectivity index (χ1n) is 5.76. The van der Waals surface area contributed by atoms with E-state index in [-0.39, 0.29) is 5.56 Å². The van der Waals surface area contributed by atoms with Crippen LogP contribution in [0.25, 0.3) is 11.4 Å². The molecule has 2 aromatic heterocycles. The maximum Gasteiger partial charge on any atom is 0.306 e. The molecule has 0 radical (unpaired) electrons. The van der Waals surface area contributed by atoms with Gasteiger partial charge < -0.3 is 10.1 Å². The summed E-state index contributed by atoms with van der Waals surface area (Å²) in [5.74, 6) is -0.819. The molecular formula is C11H13N5O3. The number of carboxylic acid groups (broad SMARTS) is 1. The maximum absolute atomic E-state index is 11.0. The Kier molecular flexibility index (Phi) is 3.69. The number of H-pyrrole nitrogens is 1. The van der Waals surface area contributed by atoms with Crippen LogP contribution in [-0.4, -0.2) is 36.3 Å². The number of nitrogens with zero attached hydrogens (tertiary/aromatic N) is 4. The predicted molar refractivity (Wildman–Crippen MR) is 65.3 cm³/mol. The lowest BCUT2D eigenvalue weighted by atomic mass is 10.1. The number of aliphatic carboxylic acids is 1. The standard InChI is InChI=1S/C11H13N5O3/c1-7(11(18)19)4-5-16-10(13-14-15-16)8-2-3-9(17)12-6-8/h2-3,6-7H,4-5H2,1H3,(H,12,17)(H,18,19). The van der Waals surface area contributed by atoms with Gasteiger partial charge in [0.05, 0.1) is 5.92 Å². The SMILES string of the molecule is CC(CCn1nnnc1-c1ccc(=O)[nH]c1)C(=O)O. The van der Waals surface area contributed by atoms with Crippen LogP contribution in [0.5, 0.6) is 0 Å². The van der Waals surface area contributed by atoms with Crippen LogP contribution < -0.4 is 5.56 Å². The summed E-state index contributed by atoms with van der Waals surface area (Å²) in [4.78, 5) is 24.3. The molecule has 19 heavy (non-hydrogen) atoms. The fraction of sp³-hybridized carbons (Fsp3) is 0.364. The van der Waals surface area contributed by atoms with E-state index >= 15 is 0 Å². The molecule has 2 N–H and O–H groups in total. The van der Waals surface area contributed by atoms with E-state index in [1.165, 1.54) is 16.9 Å². The van der Waals surface area contributed by atoms with Crippen molar-refractivity contribution in [3.63, 3.8) is 0 Å². The Bertz CT molecular complexity index is 613. The minimum Gasteiger partial charge on any atom is -0.481 e. The van der Waals surface area contributed by atoms with Crippen LogP contribution in [0.4, 0.5) is 0 Å². The van der Waals surface area contributed by atoms with E-state index in [1.54, 1.807) is 13.0 Å². The van der Waals surface area contributed by atoms with Gasteiger partial charge in [-0.15, -0.1) is 5.10 Å². The first-order valence-corrected chi connectivity index (χ1v) is 5.76. The largest absolute Gasteiger partial charge is 0.481 e. The third kappa shape index (κ3) is 3.03. The van der Waals surface area contributed by atoms with Crippen LogP contribution in [-0.2, 0) is 11.3 Å². The Morgan fingerprint density at radius 2 is 2.32 bits per heavy atom. The molecule has 1 unspecified atom stereocenters. The monoisotopic (exact) mass is 263 g/mol. The summed E-state index contributed by atoms with van der Waals surface area (Å²) >= 11 is 0. The molecule has 2 aromatic rings. The fourth-order valence-electron chi connectivity index (χ4n) is 1.55. The maximum atomic E-state index is 11.0. The second-order valence-electron chi connectivity index (χ2n) is 4.20. The predicted octanol–water partition coefficient (Wildman–Crippen LogP) is 0.139. The molecule has 0 fully saturated rings. The van der Waals surface area contributed by atoms with E-state index in [0.29, 0.717) is 24.4 Å². The number of tetrazole rings is 1. The number of carboxylic acids is 1. The highest BCUT2D eigenvalue weighted by Gasteiger charge is 2.14. The van der Waals surface area contributed by atoms with E-state index in [4.69, 9.17) is 5.11 Å². The Morgan fingerprint density at radius 3 is 2.95 bits per heavy atom. The molecule has 0 aliphatic rings. The third-order valence-corrected chi connectivity index (χ3v) is 2.77. The summed E-state index contributed by atoms with van der Waals surface area (Å²) in [5, 5.41) is 20.1. The molecule has 0 aliphatic heterocycles. The molecule has 2 heterocycles. The van der Waals surface area contributed by atoms with Crippen LogP contribution in [0.2, 0.25) is 0 Å². The van der Waals surface area contributed by atoms with Crippen molar-refractivity contribution in [3.05, 3.63) is 28.7 Å². The van der Waals surface area contributed by atoms with E-state index in [1.807, 2.05) is 0 Å². The minimum absolute atomic E-state index is 0.206. The summed E-state index contributed by atoms with van der Waals surface area (Å²) in [6, 6.07) is 3.00. The van der Waals surface area contributed by atoms with Crippen molar-refractivity contribution in [2.24, 2.45) is 5.92 Å². The molecule has 8 nitrogen and oxygen atoms in total. The van der Waals surface area contributed by atoms with Gasteiger partial charge in [0.15, 0.2) is 5.82 Å². The highest BCUT2D eigenvalue weighted by atomic mass is 16.4. The van der Waals surface area contributed by atoms with E-state index in [0.717, 1.165) is 0 Å². The van der Waals surface area contributed by atoms with Crippen LogP contribution in [0.1, 0.15) is 13.3 Å². The third-order valence-electron chi connectivity index (χ3n) is 2.77. The van der Waals surface area contributed by atoms with Crippen molar-refractivity contribution in [2.45, 2.75) is 19.9 Å². The quantitative estimate of drug-likeness (QED) is 0.793. The summed E-state index contributed by atoms with van der Waals surface area (Å²) in [6.45, 7) is 2.03. The zero-order valence-electron chi connectivity index (χ0n) is 10.3. The van der Waals surface area contributed by atoms with Crippen LogP contribution >= 0.6 is 0 Å². The van der Waals surface area contributed by atoms with Gasteiger partial charge in [0.1, 0.15) is 0 Å². The van der Waals surface area contributed by atoms with Gasteiger partial charge in [0, 0.05) is 24.4 Å². The van der Waals surface area contributed by atoms with Gasteiger partial charge in [-0.25, -0.2) is 4.68 Å². The van der Waals surface area contributed by atoms with Crippen molar-refractivity contribution in [2.75, 3.05) is 0 Å². The fourth-order valence-corrected chi connectivity index (χ4v) is 1.55. The van der Waals surface area contributed by atoms with Crippen molar-refractivity contribution in [3.8, 4) is 11.4 Å². The average Bonchev–Trinajstić information content (AvgIpc) is 2.85. The molecular weight excluding hydrogens is 250 g/mol. The van der Waals surface area contributed by atoms with Gasteiger partial charge in [0.25, 0.3) is 0 Å². The molecule has 2 rings (SSSR count). The molecule has 0 bridgehead atoms. The van der Waals surface area contributed by atoms with Gasteiger partial charge in [-0.2, -0.15) is 0 Å². The highest BCUT2D eigenvalue weighted by Crippen LogP contribution is 2.14. The summed E-state index contributed by atoms with van der Waals surface area (Å²) in [5.41, 5.74) is 0.467. The Morgan fingerprint density at radius 1 is 1.53 bits per heavy atom. The molecule has 0 aromatic carbocycles. The van der Waals surface area contributed by atoms with E-state index in [2.05, 4.69) is 20.5 Å². The molecule has 0 saturated heterocycles. The Labute approximate surface area is 108 Å². The Hall–Kier alpha value is -2.51. The van der Waals surface area contributed by atoms with Crippen molar-refractivity contribution >= 4 is 5.97 Å². The number of carbonyl (C=O) groups is 1. The first kappa shape index (κ1) is 12.9. The lowest BCUT2D eigenvalue weighted by Crippen LogP contribution is -2.14. The second-order valence-corrected chi connectivity index (χ2v) is 4.20. The zero-order chi connectivity index (χ0) is 13.8. The Balaban J connectivity index is 2.16. The van der Waals surface area contributed by atoms with Crippen LogP contribution in [0.15, 0.2) is 23.1 Å². The van der Waals surface area contributed by atoms with E-state index in [9.17, 15) is 9.59 Å². The van der Waals surface area contributed by atoms with Gasteiger partial charge in [0.2, 0.25) is 5.56 Å². The molecule has 0 spiro atoms. The van der Waals surface area contributed by atoms with Gasteiger partial charge in [-0.1, -0.05) is 6.92 Å². The topological polar surface area (TPSA) is 114 Å². The molecule has 0 aliphatic carbocycles. The van der Waals surface area contributed by atoms with E-state index < -0.39 is 11.9 Å². The number of aromatic amines is 1. The number of aryl methyl sites for hydroxylation is 1. The lowest BCUT2D eigenvalue weighted by Gasteiger charge is -2.07. The first-order chi connectivity index (χ1) is 9.08. The van der Waals surface area contributed by atoms with Crippen LogP contribution in [0.3, 0.4) is 0 Å². The molecule has 8 heteroatoms. The highest BCUT2D eigenvalue weighted by molar-refractivity contribution is 5.69. The van der Waals surface area contributed by atoms with Crippen molar-refractivity contribution < 1.29 is 9.90 Å². The van der Waals surface area contributed by atoms with Gasteiger partial charge in [-0.05, 0) is 22.9 Å². The second kappa shape index (κ2) is 5.42. The average molecular weight is 263 g/mol. The summed E-state index contributed by atoms with van der Waals surface area (Å²) in [7, 11) is 0. The molecule has 100 valence electrons. The summed E-state index contributed by atoms with van der Waals surface area (Å²) < 4.78 is 1.52. The number of aromatic nitrogens is 5. The number of nitrogens with one attached hydrogen (secondary N) is 1. The number of hydrogen-bond donors (Lipinski definition) is 2. The smallest absolute Gasteiger partial charge is 0.306 e. The minimum atomic E-state index is -0.848.